The number of nitrogens with one attached hydrogen (secondary N) is 1. The van der Waals surface area contributed by atoms with Crippen LogP contribution in [0, 0.1) is 5.41 Å². The lowest BCUT2D eigenvalue weighted by Crippen LogP contribution is -2.04. The molecule has 4 N–H and O–H groups in total. The Morgan fingerprint density at radius 1 is 1.40 bits per heavy atom. The van der Waals surface area contributed by atoms with Crippen LogP contribution in [0.3, 0.4) is 0 Å². The van der Waals surface area contributed by atoms with Crippen LogP contribution in [-0.2, 0) is 15.9 Å². The van der Waals surface area contributed by atoms with E-state index in [1.807, 2.05) is 0 Å². The van der Waals surface area contributed by atoms with Crippen LogP contribution >= 0.6 is 11.8 Å². The summed E-state index contributed by atoms with van der Waals surface area (Å²) in [6, 6.07) is 5.76. The van der Waals surface area contributed by atoms with Gasteiger partial charge in [0.15, 0.2) is 5.17 Å². The Bertz CT molecular complexity index is 453. The van der Waals surface area contributed by atoms with E-state index >= 15 is 0 Å². The monoisotopic (exact) mass is 246 g/mol. The first kappa shape index (κ1) is 12.0. The molecule has 0 heterocycles. The summed E-state index contributed by atoms with van der Waals surface area (Å²) in [7, 11) is -4.12. The standard InChI is InChI=1S/C8H10N2O3S2/c9-8(10)14-5-6-1-3-7(4-2-6)15(11,12)13/h1-4H,5H2,(H3,9,10)(H,11,12,13). The van der Waals surface area contributed by atoms with Crippen molar-refractivity contribution in [2.24, 2.45) is 5.73 Å². The van der Waals surface area contributed by atoms with Gasteiger partial charge in [0.25, 0.3) is 10.1 Å². The van der Waals surface area contributed by atoms with Gasteiger partial charge in [0.2, 0.25) is 0 Å². The van der Waals surface area contributed by atoms with Crippen LogP contribution in [0.5, 0.6) is 0 Å². The highest BCUT2D eigenvalue weighted by Crippen LogP contribution is 2.14. The molecule has 1 aromatic rings. The van der Waals surface area contributed by atoms with E-state index in [0.717, 1.165) is 17.3 Å². The fourth-order valence-corrected chi connectivity index (χ4v) is 1.91. The third-order valence-electron chi connectivity index (χ3n) is 1.62. The molecule has 0 spiro atoms. The van der Waals surface area contributed by atoms with Gasteiger partial charge >= 0.3 is 0 Å². The third-order valence-corrected chi connectivity index (χ3v) is 3.27. The average molecular weight is 246 g/mol. The molecule has 0 unspecified atom stereocenters. The number of benzene rings is 1. The first-order chi connectivity index (χ1) is 6.89. The Morgan fingerprint density at radius 3 is 2.33 bits per heavy atom. The van der Waals surface area contributed by atoms with E-state index in [-0.39, 0.29) is 10.1 Å². The highest BCUT2D eigenvalue weighted by atomic mass is 32.2. The maximum atomic E-state index is 10.7. The zero-order valence-electron chi connectivity index (χ0n) is 7.67. The molecule has 0 radical (unpaired) electrons. The van der Waals surface area contributed by atoms with Crippen molar-refractivity contribution in [3.63, 3.8) is 0 Å². The second kappa shape index (κ2) is 4.65. The van der Waals surface area contributed by atoms with Crippen LogP contribution in [-0.4, -0.2) is 18.1 Å². The molecule has 1 rings (SSSR count). The van der Waals surface area contributed by atoms with Gasteiger partial charge in [-0.2, -0.15) is 8.42 Å². The summed E-state index contributed by atoms with van der Waals surface area (Å²) in [5.41, 5.74) is 5.99. The molecule has 0 aromatic heterocycles. The Kier molecular flexibility index (Phi) is 3.72. The largest absolute Gasteiger partial charge is 0.379 e. The smallest absolute Gasteiger partial charge is 0.294 e. The molecule has 15 heavy (non-hydrogen) atoms. The molecule has 0 aliphatic carbocycles. The fourth-order valence-electron chi connectivity index (χ4n) is 0.919. The van der Waals surface area contributed by atoms with Crippen LogP contribution in [0.4, 0.5) is 0 Å². The predicted molar refractivity (Wildman–Crippen MR) is 59.5 cm³/mol. The maximum absolute atomic E-state index is 10.7. The Labute approximate surface area is 91.9 Å². The SMILES string of the molecule is N=C(N)SCc1ccc(S(=O)(=O)O)cc1. The van der Waals surface area contributed by atoms with Crippen molar-refractivity contribution >= 4 is 27.0 Å². The zero-order valence-corrected chi connectivity index (χ0v) is 9.31. The molecule has 0 atom stereocenters. The van der Waals surface area contributed by atoms with E-state index in [4.69, 9.17) is 15.7 Å². The van der Waals surface area contributed by atoms with Crippen molar-refractivity contribution in [1.29, 1.82) is 5.41 Å². The summed E-state index contributed by atoms with van der Waals surface area (Å²) >= 11 is 1.15. The first-order valence-corrected chi connectivity index (χ1v) is 6.35. The third kappa shape index (κ3) is 3.90. The molecule has 0 saturated heterocycles. The Hall–Kier alpha value is -1.05. The lowest BCUT2D eigenvalue weighted by molar-refractivity contribution is 0.483. The van der Waals surface area contributed by atoms with Crippen molar-refractivity contribution < 1.29 is 13.0 Å². The minimum atomic E-state index is -4.12. The summed E-state index contributed by atoms with van der Waals surface area (Å²) in [4.78, 5) is -0.140. The van der Waals surface area contributed by atoms with Gasteiger partial charge in [-0.1, -0.05) is 23.9 Å². The Morgan fingerprint density at radius 2 is 1.93 bits per heavy atom. The van der Waals surface area contributed by atoms with Gasteiger partial charge in [-0.05, 0) is 17.7 Å². The van der Waals surface area contributed by atoms with Crippen molar-refractivity contribution in [3.05, 3.63) is 29.8 Å². The van der Waals surface area contributed by atoms with Gasteiger partial charge < -0.3 is 5.73 Å². The summed E-state index contributed by atoms with van der Waals surface area (Å²) < 4.78 is 30.1. The Balaban J connectivity index is 2.77. The van der Waals surface area contributed by atoms with Crippen LogP contribution in [0.1, 0.15) is 5.56 Å². The minimum absolute atomic E-state index is 0.00820. The molecule has 7 heteroatoms. The van der Waals surface area contributed by atoms with E-state index in [2.05, 4.69) is 0 Å². The summed E-state index contributed by atoms with van der Waals surface area (Å²) in [6.45, 7) is 0. The predicted octanol–water partition coefficient (Wildman–Crippen LogP) is 1.06. The van der Waals surface area contributed by atoms with Gasteiger partial charge in [0.05, 0.1) is 4.90 Å². The fraction of sp³-hybridized carbons (Fsp3) is 0.125. The summed E-state index contributed by atoms with van der Waals surface area (Å²) in [5.74, 6) is 0.501. The van der Waals surface area contributed by atoms with E-state index in [1.165, 1.54) is 12.1 Å². The van der Waals surface area contributed by atoms with E-state index in [0.29, 0.717) is 5.75 Å². The minimum Gasteiger partial charge on any atom is -0.379 e. The number of rotatable bonds is 3. The topological polar surface area (TPSA) is 104 Å². The molecule has 0 aliphatic rings. The van der Waals surface area contributed by atoms with Gasteiger partial charge in [0.1, 0.15) is 0 Å². The van der Waals surface area contributed by atoms with Crippen LogP contribution in [0.2, 0.25) is 0 Å². The van der Waals surface area contributed by atoms with E-state index in [9.17, 15) is 8.42 Å². The normalized spacial score (nSPS) is 11.3. The second-order valence-electron chi connectivity index (χ2n) is 2.77. The first-order valence-electron chi connectivity index (χ1n) is 3.93. The molecule has 1 aromatic carbocycles. The van der Waals surface area contributed by atoms with Crippen molar-refractivity contribution in [3.8, 4) is 0 Å². The van der Waals surface area contributed by atoms with Gasteiger partial charge in [-0.15, -0.1) is 0 Å². The number of hydrogen-bond acceptors (Lipinski definition) is 4. The van der Waals surface area contributed by atoms with Crippen LogP contribution in [0.15, 0.2) is 29.2 Å². The molecule has 0 saturated carbocycles. The number of hydrogen-bond donors (Lipinski definition) is 3. The molecule has 82 valence electrons. The average Bonchev–Trinajstić information content (AvgIpc) is 2.14. The molecule has 0 aliphatic heterocycles. The summed E-state index contributed by atoms with van der Waals surface area (Å²) in [6.07, 6.45) is 0. The van der Waals surface area contributed by atoms with Crippen molar-refractivity contribution in [1.82, 2.24) is 0 Å². The quantitative estimate of drug-likeness (QED) is 0.420. The lowest BCUT2D eigenvalue weighted by Gasteiger charge is -2.01. The van der Waals surface area contributed by atoms with Crippen LogP contribution < -0.4 is 5.73 Å². The lowest BCUT2D eigenvalue weighted by atomic mass is 10.2. The highest BCUT2D eigenvalue weighted by Gasteiger charge is 2.08. The molecule has 0 bridgehead atoms. The summed E-state index contributed by atoms with van der Waals surface area (Å²) in [5, 5.41) is 7.00. The maximum Gasteiger partial charge on any atom is 0.294 e. The van der Waals surface area contributed by atoms with Crippen LogP contribution in [0.25, 0.3) is 0 Å². The molecular weight excluding hydrogens is 236 g/mol. The second-order valence-corrected chi connectivity index (χ2v) is 5.21. The van der Waals surface area contributed by atoms with E-state index in [1.54, 1.807) is 12.1 Å². The van der Waals surface area contributed by atoms with Gasteiger partial charge in [0, 0.05) is 5.75 Å². The molecule has 5 nitrogen and oxygen atoms in total. The van der Waals surface area contributed by atoms with E-state index < -0.39 is 10.1 Å². The number of nitrogens with two attached hydrogens (primary N) is 1. The van der Waals surface area contributed by atoms with Crippen molar-refractivity contribution in [2.45, 2.75) is 10.6 Å². The van der Waals surface area contributed by atoms with Gasteiger partial charge in [-0.3, -0.25) is 9.96 Å². The highest BCUT2D eigenvalue weighted by molar-refractivity contribution is 8.13. The number of amidine groups is 1. The molecule has 0 fully saturated rings. The molecular formula is C8H10N2O3S2. The number of thioether (sulfide) groups is 1. The van der Waals surface area contributed by atoms with Gasteiger partial charge in [-0.25, -0.2) is 0 Å². The zero-order chi connectivity index (χ0) is 11.5. The molecule has 0 amide bonds. The van der Waals surface area contributed by atoms with Crippen molar-refractivity contribution in [2.75, 3.05) is 0 Å².